The molecule has 4 rings (SSSR count). The molecule has 9 heteroatoms. The van der Waals surface area contributed by atoms with E-state index in [0.29, 0.717) is 31.4 Å². The van der Waals surface area contributed by atoms with Crippen molar-refractivity contribution in [2.45, 2.75) is 16.9 Å². The van der Waals surface area contributed by atoms with Crippen molar-refractivity contribution in [1.29, 1.82) is 5.41 Å². The normalized spacial score (nSPS) is 18.7. The van der Waals surface area contributed by atoms with Crippen molar-refractivity contribution in [2.24, 2.45) is 0 Å². The zero-order valence-corrected chi connectivity index (χ0v) is 17.7. The summed E-state index contributed by atoms with van der Waals surface area (Å²) in [7, 11) is 0. The van der Waals surface area contributed by atoms with Gasteiger partial charge in [0.2, 0.25) is 11.8 Å². The molecule has 2 aliphatic rings. The van der Waals surface area contributed by atoms with E-state index in [1.54, 1.807) is 17.3 Å². The Balaban J connectivity index is 1.31. The maximum absolute atomic E-state index is 12.9. The maximum Gasteiger partial charge on any atom is 0.233 e. The molecule has 1 aromatic heterocycles. The molecule has 0 aliphatic carbocycles. The number of hydrogen-bond donors (Lipinski definition) is 3. The molecule has 1 aromatic carbocycles. The number of amides is 1. The number of ether oxygens (including phenoxy) is 2. The highest BCUT2D eigenvalue weighted by Crippen LogP contribution is 2.23. The van der Waals surface area contributed by atoms with E-state index in [2.05, 4.69) is 9.71 Å². The summed E-state index contributed by atoms with van der Waals surface area (Å²) >= 11 is 1.36. The number of nitrogens with zero attached hydrogens (tertiary/aromatic N) is 2. The second-order valence-corrected chi connectivity index (χ2v) is 8.23. The van der Waals surface area contributed by atoms with Crippen LogP contribution in [-0.4, -0.2) is 65.6 Å². The second-order valence-electron chi connectivity index (χ2n) is 7.32. The molecule has 2 aliphatic heterocycles. The average Bonchev–Trinajstić information content (AvgIpc) is 3.13. The third kappa shape index (κ3) is 5.25. The summed E-state index contributed by atoms with van der Waals surface area (Å²) in [6.45, 7) is 1.51. The molecule has 8 nitrogen and oxygen atoms in total. The van der Waals surface area contributed by atoms with Crippen molar-refractivity contribution in [3.05, 3.63) is 66.0 Å². The van der Waals surface area contributed by atoms with Gasteiger partial charge in [0, 0.05) is 35.5 Å². The van der Waals surface area contributed by atoms with E-state index < -0.39 is 5.92 Å². The summed E-state index contributed by atoms with van der Waals surface area (Å²) in [4.78, 5) is 19.7. The van der Waals surface area contributed by atoms with Crippen LogP contribution in [0.5, 0.6) is 5.88 Å². The molecule has 1 amide bonds. The summed E-state index contributed by atoms with van der Waals surface area (Å²) in [5, 5.41) is 18.0. The van der Waals surface area contributed by atoms with E-state index in [0.717, 1.165) is 16.0 Å². The molecule has 3 N–H and O–H groups in total. The van der Waals surface area contributed by atoms with Crippen LogP contribution in [0.1, 0.15) is 11.5 Å². The fraction of sp³-hybridized carbons (Fsp3) is 0.318. The number of hydrogen-bond acceptors (Lipinski definition) is 8. The summed E-state index contributed by atoms with van der Waals surface area (Å²) in [5.41, 5.74) is 1.90. The van der Waals surface area contributed by atoms with Crippen LogP contribution in [0.4, 0.5) is 0 Å². The zero-order chi connectivity index (χ0) is 21.6. The standard InChI is InChI=1S/C22H24N4O4S/c23-20-11-26(22(28)19(12-27)15-4-2-1-3-5-15)10-16(20)8-25-31-18-6-7-21(24-9-18)30-17-13-29-14-17/h1-9,17,19,23,25,27H,10-14H2/b16-8-,23-20?. The Hall–Kier alpha value is -2.88. The van der Waals surface area contributed by atoms with Gasteiger partial charge in [-0.1, -0.05) is 30.3 Å². The van der Waals surface area contributed by atoms with Gasteiger partial charge >= 0.3 is 0 Å². The number of carbonyl (C=O) groups is 1. The first-order valence-corrected chi connectivity index (χ1v) is 10.8. The molecular weight excluding hydrogens is 416 g/mol. The van der Waals surface area contributed by atoms with Crippen LogP contribution >= 0.6 is 11.9 Å². The van der Waals surface area contributed by atoms with Gasteiger partial charge in [-0.2, -0.15) is 0 Å². The minimum absolute atomic E-state index is 0.0835. The number of aliphatic hydroxyl groups excluding tert-OH is 1. The number of benzene rings is 1. The van der Waals surface area contributed by atoms with E-state index in [9.17, 15) is 9.90 Å². The van der Waals surface area contributed by atoms with Crippen molar-refractivity contribution in [3.63, 3.8) is 0 Å². The topological polar surface area (TPSA) is 108 Å². The first-order chi connectivity index (χ1) is 15.1. The number of aromatic nitrogens is 1. The maximum atomic E-state index is 12.9. The molecule has 0 bridgehead atoms. The van der Waals surface area contributed by atoms with Gasteiger partial charge in [0.25, 0.3) is 0 Å². The van der Waals surface area contributed by atoms with Crippen molar-refractivity contribution < 1.29 is 19.4 Å². The van der Waals surface area contributed by atoms with Crippen molar-refractivity contribution in [3.8, 4) is 5.88 Å². The molecule has 0 saturated carbocycles. The Kier molecular flexibility index (Phi) is 6.86. The minimum atomic E-state index is -0.617. The van der Waals surface area contributed by atoms with E-state index in [4.69, 9.17) is 14.9 Å². The number of aliphatic hydroxyl groups is 1. The molecule has 31 heavy (non-hydrogen) atoms. The Morgan fingerprint density at radius 2 is 2.13 bits per heavy atom. The van der Waals surface area contributed by atoms with Gasteiger partial charge < -0.3 is 29.6 Å². The number of likely N-dealkylation sites (tertiary alicyclic amines) is 1. The van der Waals surface area contributed by atoms with Gasteiger partial charge in [-0.3, -0.25) is 4.79 Å². The first-order valence-electron chi connectivity index (χ1n) is 9.98. The van der Waals surface area contributed by atoms with Crippen molar-refractivity contribution in [2.75, 3.05) is 32.9 Å². The lowest BCUT2D eigenvalue weighted by atomic mass is 9.99. The lowest BCUT2D eigenvalue weighted by molar-refractivity contribution is -0.132. The second kappa shape index (κ2) is 9.95. The molecule has 1 atom stereocenters. The SMILES string of the molecule is N=C1CN(C(=O)C(CO)c2ccccc2)C/C1=C/NSc1ccc(OC2COC2)nc1. The van der Waals surface area contributed by atoms with Crippen molar-refractivity contribution in [1.82, 2.24) is 14.6 Å². The van der Waals surface area contributed by atoms with Crippen LogP contribution in [0.25, 0.3) is 0 Å². The van der Waals surface area contributed by atoms with Gasteiger partial charge in [0.05, 0.1) is 38.0 Å². The Morgan fingerprint density at radius 3 is 2.77 bits per heavy atom. The summed E-state index contributed by atoms with van der Waals surface area (Å²) in [6, 6.07) is 12.9. The lowest BCUT2D eigenvalue weighted by Crippen LogP contribution is -2.38. The molecule has 2 fully saturated rings. The number of rotatable bonds is 8. The van der Waals surface area contributed by atoms with Crippen LogP contribution in [0.3, 0.4) is 0 Å². The third-order valence-corrected chi connectivity index (χ3v) is 5.82. The van der Waals surface area contributed by atoms with E-state index in [1.165, 1.54) is 11.9 Å². The molecular formula is C22H24N4O4S. The fourth-order valence-corrected chi connectivity index (χ4v) is 3.87. The molecule has 0 radical (unpaired) electrons. The third-order valence-electron chi connectivity index (χ3n) is 5.11. The molecule has 3 heterocycles. The van der Waals surface area contributed by atoms with Crippen LogP contribution in [0.2, 0.25) is 0 Å². The van der Waals surface area contributed by atoms with Gasteiger partial charge in [-0.25, -0.2) is 4.98 Å². The lowest BCUT2D eigenvalue weighted by Gasteiger charge is -2.25. The largest absolute Gasteiger partial charge is 0.469 e. The minimum Gasteiger partial charge on any atom is -0.469 e. The average molecular weight is 441 g/mol. The predicted molar refractivity (Wildman–Crippen MR) is 117 cm³/mol. The summed E-state index contributed by atoms with van der Waals surface area (Å²) in [5.74, 6) is -0.222. The van der Waals surface area contributed by atoms with Crippen molar-refractivity contribution >= 4 is 23.6 Å². The monoisotopic (exact) mass is 440 g/mol. The van der Waals surface area contributed by atoms with Gasteiger partial charge in [0.15, 0.2) is 0 Å². The fourth-order valence-electron chi connectivity index (χ4n) is 3.29. The summed E-state index contributed by atoms with van der Waals surface area (Å²) in [6.07, 6.45) is 3.54. The van der Waals surface area contributed by atoms with E-state index in [-0.39, 0.29) is 25.2 Å². The van der Waals surface area contributed by atoms with Gasteiger partial charge in [-0.15, -0.1) is 0 Å². The highest BCUT2D eigenvalue weighted by atomic mass is 32.2. The van der Waals surface area contributed by atoms with Gasteiger partial charge in [-0.05, 0) is 23.6 Å². The highest BCUT2D eigenvalue weighted by Gasteiger charge is 2.31. The Labute approximate surface area is 184 Å². The molecule has 2 saturated heterocycles. The Bertz CT molecular complexity index is 948. The molecule has 162 valence electrons. The first kappa shape index (κ1) is 21.4. The van der Waals surface area contributed by atoms with Crippen LogP contribution in [-0.2, 0) is 9.53 Å². The predicted octanol–water partition coefficient (Wildman–Crippen LogP) is 1.98. The molecule has 1 unspecified atom stereocenters. The quantitative estimate of drug-likeness (QED) is 0.539. The smallest absolute Gasteiger partial charge is 0.233 e. The number of pyridine rings is 1. The van der Waals surface area contributed by atoms with Crippen LogP contribution in [0, 0.1) is 5.41 Å². The van der Waals surface area contributed by atoms with Gasteiger partial charge in [0.1, 0.15) is 6.10 Å². The van der Waals surface area contributed by atoms with E-state index >= 15 is 0 Å². The zero-order valence-electron chi connectivity index (χ0n) is 16.9. The van der Waals surface area contributed by atoms with Crippen LogP contribution < -0.4 is 9.46 Å². The number of carbonyl (C=O) groups excluding carboxylic acids is 1. The van der Waals surface area contributed by atoms with Crippen LogP contribution in [0.15, 0.2) is 65.3 Å². The Morgan fingerprint density at radius 1 is 1.32 bits per heavy atom. The van der Waals surface area contributed by atoms with E-state index in [1.807, 2.05) is 42.5 Å². The highest BCUT2D eigenvalue weighted by molar-refractivity contribution is 7.97. The molecule has 0 spiro atoms. The number of nitrogens with one attached hydrogen (secondary N) is 2. The summed E-state index contributed by atoms with van der Waals surface area (Å²) < 4.78 is 13.8. The molecule has 2 aromatic rings.